The van der Waals surface area contributed by atoms with Crippen molar-refractivity contribution < 1.29 is 18.3 Å². The van der Waals surface area contributed by atoms with Gasteiger partial charge >= 0.3 is 6.03 Å². The number of amides is 2. The number of benzene rings is 2. The Morgan fingerprint density at radius 1 is 1.23 bits per heavy atom. The second kappa shape index (κ2) is 7.87. The molecule has 8 heteroatoms. The number of rotatable bonds is 3. The lowest BCUT2D eigenvalue weighted by atomic mass is 9.95. The molecular weight excluding hydrogens is 392 g/mol. The maximum Gasteiger partial charge on any atom is 0.322 e. The average Bonchev–Trinajstić information content (AvgIpc) is 2.71. The van der Waals surface area contributed by atoms with Crippen LogP contribution in [0.2, 0.25) is 0 Å². The summed E-state index contributed by atoms with van der Waals surface area (Å²) in [6, 6.07) is 7.39. The minimum atomic E-state index is -0.526. The van der Waals surface area contributed by atoms with Crippen LogP contribution in [0.3, 0.4) is 0 Å². The first-order chi connectivity index (χ1) is 14.4. The van der Waals surface area contributed by atoms with Crippen molar-refractivity contribution in [1.29, 1.82) is 0 Å². The van der Waals surface area contributed by atoms with E-state index >= 15 is 0 Å². The van der Waals surface area contributed by atoms with Gasteiger partial charge in [0.05, 0.1) is 19.3 Å². The topological polar surface area (TPSA) is 74.4 Å². The van der Waals surface area contributed by atoms with Crippen molar-refractivity contribution in [1.82, 2.24) is 9.88 Å². The number of nitrogens with zero attached hydrogens (tertiary/aromatic N) is 1. The summed E-state index contributed by atoms with van der Waals surface area (Å²) in [4.78, 5) is 29.8. The molecule has 0 spiro atoms. The molecule has 6 nitrogen and oxygen atoms in total. The van der Waals surface area contributed by atoms with Crippen LogP contribution in [0, 0.1) is 18.6 Å². The van der Waals surface area contributed by atoms with Gasteiger partial charge in [-0.1, -0.05) is 0 Å². The number of nitrogens with one attached hydrogen (secondary N) is 2. The molecule has 1 atom stereocenters. The van der Waals surface area contributed by atoms with E-state index in [4.69, 9.17) is 4.74 Å². The molecule has 0 bridgehead atoms. The lowest BCUT2D eigenvalue weighted by molar-refractivity contribution is 0.0471. The predicted molar refractivity (Wildman–Crippen MR) is 109 cm³/mol. The Morgan fingerprint density at radius 3 is 2.77 bits per heavy atom. The molecule has 2 aromatic carbocycles. The number of carbonyl (C=O) groups is 1. The van der Waals surface area contributed by atoms with Gasteiger partial charge in [0.25, 0.3) is 5.56 Å². The zero-order valence-electron chi connectivity index (χ0n) is 16.6. The number of fused-ring (bicyclic) bond motifs is 3. The van der Waals surface area contributed by atoms with E-state index in [1.54, 1.807) is 17.9 Å². The molecule has 0 aliphatic carbocycles. The number of aromatic nitrogens is 1. The van der Waals surface area contributed by atoms with Gasteiger partial charge in [0.15, 0.2) is 0 Å². The SMILES string of the molecule is CCN(C(=O)Nc1ccc(F)c(C)c1)[C@H]1COCc2[nH]c(=O)c3ccc(F)cc3c21. The fraction of sp³-hybridized carbons (Fsp3) is 0.273. The van der Waals surface area contributed by atoms with Crippen molar-refractivity contribution in [3.63, 3.8) is 0 Å². The Kier molecular flexibility index (Phi) is 5.26. The Labute approximate surface area is 171 Å². The van der Waals surface area contributed by atoms with Gasteiger partial charge < -0.3 is 19.9 Å². The molecule has 1 aliphatic heterocycles. The van der Waals surface area contributed by atoms with Crippen molar-refractivity contribution in [2.75, 3.05) is 18.5 Å². The first-order valence-corrected chi connectivity index (χ1v) is 9.65. The number of pyridine rings is 1. The minimum Gasteiger partial charge on any atom is -0.373 e. The number of anilines is 1. The van der Waals surface area contributed by atoms with E-state index in [1.165, 1.54) is 30.3 Å². The number of likely N-dealkylation sites (N-methyl/N-ethyl adjacent to an activating group) is 1. The summed E-state index contributed by atoms with van der Waals surface area (Å²) in [5, 5.41) is 3.60. The van der Waals surface area contributed by atoms with E-state index in [1.807, 2.05) is 6.92 Å². The number of aryl methyl sites for hydroxylation is 1. The van der Waals surface area contributed by atoms with E-state index in [-0.39, 0.29) is 24.6 Å². The van der Waals surface area contributed by atoms with Gasteiger partial charge in [-0.2, -0.15) is 0 Å². The number of hydrogen-bond donors (Lipinski definition) is 2. The summed E-state index contributed by atoms with van der Waals surface area (Å²) in [7, 11) is 0. The zero-order chi connectivity index (χ0) is 21.4. The molecule has 2 amide bonds. The lowest BCUT2D eigenvalue weighted by Gasteiger charge is -2.35. The van der Waals surface area contributed by atoms with E-state index in [2.05, 4.69) is 10.3 Å². The highest BCUT2D eigenvalue weighted by atomic mass is 19.1. The molecular formula is C22H21F2N3O3. The van der Waals surface area contributed by atoms with Gasteiger partial charge in [0.2, 0.25) is 0 Å². The van der Waals surface area contributed by atoms with Gasteiger partial charge in [0, 0.05) is 28.9 Å². The van der Waals surface area contributed by atoms with Crippen LogP contribution in [0.5, 0.6) is 0 Å². The molecule has 1 aromatic heterocycles. The number of ether oxygens (including phenoxy) is 1. The second-order valence-corrected chi connectivity index (χ2v) is 7.25. The minimum absolute atomic E-state index is 0.170. The maximum atomic E-state index is 14.0. The smallest absolute Gasteiger partial charge is 0.322 e. The third kappa shape index (κ3) is 3.54. The summed E-state index contributed by atoms with van der Waals surface area (Å²) < 4.78 is 33.2. The van der Waals surface area contributed by atoms with Crippen LogP contribution in [-0.4, -0.2) is 29.1 Å². The van der Waals surface area contributed by atoms with Gasteiger partial charge in [-0.3, -0.25) is 4.79 Å². The monoisotopic (exact) mass is 413 g/mol. The molecule has 1 aliphatic rings. The van der Waals surface area contributed by atoms with Crippen LogP contribution in [0.1, 0.15) is 29.8 Å². The first kappa shape index (κ1) is 20.0. The van der Waals surface area contributed by atoms with Crippen LogP contribution in [-0.2, 0) is 11.3 Å². The first-order valence-electron chi connectivity index (χ1n) is 9.65. The number of urea groups is 1. The van der Waals surface area contributed by atoms with Crippen LogP contribution in [0.15, 0.2) is 41.2 Å². The summed E-state index contributed by atoms with van der Waals surface area (Å²) in [6.45, 7) is 4.15. The van der Waals surface area contributed by atoms with Gasteiger partial charge in [0.1, 0.15) is 11.6 Å². The molecule has 0 radical (unpaired) electrons. The van der Waals surface area contributed by atoms with Crippen LogP contribution in [0.25, 0.3) is 10.8 Å². The fourth-order valence-electron chi connectivity index (χ4n) is 3.89. The third-order valence-electron chi connectivity index (χ3n) is 5.35. The van der Waals surface area contributed by atoms with E-state index in [0.717, 1.165) is 0 Å². The van der Waals surface area contributed by atoms with Crippen molar-refractivity contribution in [3.8, 4) is 0 Å². The normalized spacial score (nSPS) is 15.7. The van der Waals surface area contributed by atoms with Crippen LogP contribution >= 0.6 is 0 Å². The zero-order valence-corrected chi connectivity index (χ0v) is 16.6. The summed E-state index contributed by atoms with van der Waals surface area (Å²) in [5.41, 5.74) is 1.75. The molecule has 2 heterocycles. The molecule has 30 heavy (non-hydrogen) atoms. The third-order valence-corrected chi connectivity index (χ3v) is 5.35. The highest BCUT2D eigenvalue weighted by Gasteiger charge is 2.32. The fourth-order valence-corrected chi connectivity index (χ4v) is 3.89. The van der Waals surface area contributed by atoms with Crippen molar-refractivity contribution in [3.05, 3.63) is 75.2 Å². The Bertz CT molecular complexity index is 1190. The largest absolute Gasteiger partial charge is 0.373 e. The Balaban J connectivity index is 1.75. The van der Waals surface area contributed by atoms with Crippen LogP contribution in [0.4, 0.5) is 19.3 Å². The quantitative estimate of drug-likeness (QED) is 0.675. The van der Waals surface area contributed by atoms with Gasteiger partial charge in [-0.25, -0.2) is 13.6 Å². The van der Waals surface area contributed by atoms with Crippen LogP contribution < -0.4 is 10.9 Å². The second-order valence-electron chi connectivity index (χ2n) is 7.25. The highest BCUT2D eigenvalue weighted by molar-refractivity contribution is 5.91. The standard InChI is InChI=1S/C22H21F2N3O3/c1-3-27(22(29)25-14-5-7-17(24)12(2)8-14)19-11-30-10-18-20(19)16-9-13(23)4-6-15(16)21(28)26-18/h4-9,19H,3,10-11H2,1-2H3,(H,25,29)(H,26,28)/t19-/m0/s1. The van der Waals surface area contributed by atoms with Crippen molar-refractivity contribution in [2.24, 2.45) is 0 Å². The van der Waals surface area contributed by atoms with E-state index in [0.29, 0.717) is 39.8 Å². The number of aromatic amines is 1. The molecule has 0 fully saturated rings. The predicted octanol–water partition coefficient (Wildman–Crippen LogP) is 4.24. The average molecular weight is 413 g/mol. The highest BCUT2D eigenvalue weighted by Crippen LogP contribution is 2.34. The van der Waals surface area contributed by atoms with E-state index in [9.17, 15) is 18.4 Å². The Morgan fingerprint density at radius 2 is 2.03 bits per heavy atom. The molecule has 0 saturated carbocycles. The molecule has 4 rings (SSSR count). The number of H-pyrrole nitrogens is 1. The van der Waals surface area contributed by atoms with Crippen molar-refractivity contribution >= 4 is 22.5 Å². The van der Waals surface area contributed by atoms with Gasteiger partial charge in [-0.15, -0.1) is 0 Å². The number of carbonyl (C=O) groups excluding carboxylic acids is 1. The van der Waals surface area contributed by atoms with Gasteiger partial charge in [-0.05, 0) is 61.2 Å². The number of hydrogen-bond acceptors (Lipinski definition) is 3. The summed E-state index contributed by atoms with van der Waals surface area (Å²) in [5.74, 6) is -0.817. The lowest BCUT2D eigenvalue weighted by Crippen LogP contribution is -2.42. The van der Waals surface area contributed by atoms with E-state index < -0.39 is 17.9 Å². The number of halogens is 2. The summed E-state index contributed by atoms with van der Waals surface area (Å²) >= 11 is 0. The molecule has 0 unspecified atom stereocenters. The molecule has 2 N–H and O–H groups in total. The molecule has 0 saturated heterocycles. The summed E-state index contributed by atoms with van der Waals surface area (Å²) in [6.07, 6.45) is 0. The molecule has 156 valence electrons. The maximum absolute atomic E-state index is 14.0. The molecule has 3 aromatic rings. The Hall–Kier alpha value is -3.26. The van der Waals surface area contributed by atoms with Crippen molar-refractivity contribution in [2.45, 2.75) is 26.5 Å².